The van der Waals surface area contributed by atoms with Crippen LogP contribution in [0.2, 0.25) is 0 Å². The van der Waals surface area contributed by atoms with Gasteiger partial charge in [0.2, 0.25) is 0 Å². The number of nitrogens with zero attached hydrogens (tertiary/aromatic N) is 1. The second-order valence-electron chi connectivity index (χ2n) is 6.03. The molecule has 1 amide bonds. The highest BCUT2D eigenvalue weighted by molar-refractivity contribution is 5.95. The molecule has 1 aliphatic rings. The molecule has 0 unspecified atom stereocenters. The maximum atomic E-state index is 12.3. The van der Waals surface area contributed by atoms with Crippen molar-refractivity contribution < 1.29 is 4.79 Å². The van der Waals surface area contributed by atoms with Crippen LogP contribution in [0.3, 0.4) is 0 Å². The lowest BCUT2D eigenvalue weighted by Gasteiger charge is -2.36. The number of aromatic nitrogens is 1. The molecule has 1 aromatic heterocycles. The molecule has 20 heavy (non-hydrogen) atoms. The van der Waals surface area contributed by atoms with E-state index in [1.807, 2.05) is 26.0 Å². The fraction of sp³-hybridized carbons (Fsp3) is 0.625. The molecule has 1 fully saturated rings. The van der Waals surface area contributed by atoms with Crippen LogP contribution in [-0.2, 0) is 0 Å². The molecule has 0 spiro atoms. The molecule has 1 aromatic rings. The van der Waals surface area contributed by atoms with Crippen LogP contribution in [0.15, 0.2) is 12.1 Å². The highest BCUT2D eigenvalue weighted by Crippen LogP contribution is 2.34. The first kappa shape index (κ1) is 15.0. The van der Waals surface area contributed by atoms with Gasteiger partial charge in [-0.05, 0) is 50.8 Å². The predicted molar refractivity (Wildman–Crippen MR) is 80.6 cm³/mol. The third-order valence-electron chi connectivity index (χ3n) is 4.44. The molecule has 4 nitrogen and oxygen atoms in total. The number of hydrogen-bond donors (Lipinski definition) is 2. The quantitative estimate of drug-likeness (QED) is 0.886. The van der Waals surface area contributed by atoms with Crippen molar-refractivity contribution in [2.45, 2.75) is 46.0 Å². The Morgan fingerprint density at radius 2 is 2.00 bits per heavy atom. The van der Waals surface area contributed by atoms with Gasteiger partial charge in [-0.15, -0.1) is 0 Å². The van der Waals surface area contributed by atoms with Crippen molar-refractivity contribution in [3.8, 4) is 0 Å². The van der Waals surface area contributed by atoms with E-state index in [0.29, 0.717) is 18.7 Å². The third-order valence-corrected chi connectivity index (χ3v) is 4.44. The van der Waals surface area contributed by atoms with Crippen LogP contribution in [0.4, 0.5) is 0 Å². The van der Waals surface area contributed by atoms with Gasteiger partial charge in [0.25, 0.3) is 5.91 Å². The monoisotopic (exact) mass is 275 g/mol. The normalized spacial score (nSPS) is 17.8. The highest BCUT2D eigenvalue weighted by atomic mass is 16.1. The number of nitrogens with two attached hydrogens (primary N) is 1. The summed E-state index contributed by atoms with van der Waals surface area (Å²) in [6.07, 6.45) is 5.97. The first-order chi connectivity index (χ1) is 9.56. The molecule has 0 aromatic carbocycles. The Bertz CT molecular complexity index is 479. The number of aryl methyl sites for hydroxylation is 2. The summed E-state index contributed by atoms with van der Waals surface area (Å²) in [6.45, 7) is 5.13. The van der Waals surface area contributed by atoms with Crippen molar-refractivity contribution in [3.63, 3.8) is 0 Å². The molecule has 0 atom stereocenters. The molecule has 1 heterocycles. The SMILES string of the molecule is Cc1ccc(C(=O)NCC2(CN)CCCCC2)c(C)n1. The van der Waals surface area contributed by atoms with E-state index in [0.717, 1.165) is 24.2 Å². The second kappa shape index (κ2) is 6.35. The Kier molecular flexibility index (Phi) is 4.76. The molecule has 3 N–H and O–H groups in total. The van der Waals surface area contributed by atoms with Crippen LogP contribution in [-0.4, -0.2) is 24.0 Å². The lowest BCUT2D eigenvalue weighted by Crippen LogP contribution is -2.43. The molecular weight excluding hydrogens is 250 g/mol. The number of carbonyl (C=O) groups is 1. The molecule has 1 aliphatic carbocycles. The third kappa shape index (κ3) is 3.37. The predicted octanol–water partition coefficient (Wildman–Crippen LogP) is 2.34. The van der Waals surface area contributed by atoms with E-state index in [1.54, 1.807) is 0 Å². The van der Waals surface area contributed by atoms with Crippen LogP contribution < -0.4 is 11.1 Å². The van der Waals surface area contributed by atoms with Gasteiger partial charge in [0.15, 0.2) is 0 Å². The van der Waals surface area contributed by atoms with E-state index in [1.165, 1.54) is 19.3 Å². The van der Waals surface area contributed by atoms with Crippen LogP contribution in [0.25, 0.3) is 0 Å². The van der Waals surface area contributed by atoms with Crippen molar-refractivity contribution >= 4 is 5.91 Å². The maximum Gasteiger partial charge on any atom is 0.253 e. The Labute approximate surface area is 121 Å². The largest absolute Gasteiger partial charge is 0.351 e. The standard InChI is InChI=1S/C16H25N3O/c1-12-6-7-14(13(2)19-12)15(20)18-11-16(10-17)8-4-3-5-9-16/h6-7H,3-5,8-11,17H2,1-2H3,(H,18,20). The van der Waals surface area contributed by atoms with Gasteiger partial charge < -0.3 is 11.1 Å². The number of rotatable bonds is 4. The average Bonchev–Trinajstić information content (AvgIpc) is 2.46. The minimum Gasteiger partial charge on any atom is -0.351 e. The topological polar surface area (TPSA) is 68.0 Å². The van der Waals surface area contributed by atoms with E-state index in [2.05, 4.69) is 10.3 Å². The molecule has 0 saturated heterocycles. The lowest BCUT2D eigenvalue weighted by atomic mass is 9.74. The Morgan fingerprint density at radius 3 is 2.60 bits per heavy atom. The first-order valence-electron chi connectivity index (χ1n) is 7.49. The fourth-order valence-electron chi connectivity index (χ4n) is 3.04. The fourth-order valence-corrected chi connectivity index (χ4v) is 3.04. The van der Waals surface area contributed by atoms with Crippen molar-refractivity contribution in [2.75, 3.05) is 13.1 Å². The van der Waals surface area contributed by atoms with E-state index in [9.17, 15) is 4.79 Å². The van der Waals surface area contributed by atoms with Gasteiger partial charge in [-0.1, -0.05) is 19.3 Å². The van der Waals surface area contributed by atoms with Gasteiger partial charge in [0.1, 0.15) is 0 Å². The molecular formula is C16H25N3O. The summed E-state index contributed by atoms with van der Waals surface area (Å²) < 4.78 is 0. The van der Waals surface area contributed by atoms with Gasteiger partial charge in [0, 0.05) is 12.2 Å². The van der Waals surface area contributed by atoms with Crippen LogP contribution in [0, 0.1) is 19.3 Å². The summed E-state index contributed by atoms with van der Waals surface area (Å²) >= 11 is 0. The van der Waals surface area contributed by atoms with Crippen molar-refractivity contribution in [2.24, 2.45) is 11.1 Å². The number of nitrogens with one attached hydrogen (secondary N) is 1. The van der Waals surface area contributed by atoms with Crippen molar-refractivity contribution in [1.82, 2.24) is 10.3 Å². The zero-order chi connectivity index (χ0) is 14.6. The van der Waals surface area contributed by atoms with Crippen LogP contribution in [0.5, 0.6) is 0 Å². The van der Waals surface area contributed by atoms with Crippen molar-refractivity contribution in [1.29, 1.82) is 0 Å². The van der Waals surface area contributed by atoms with E-state index in [-0.39, 0.29) is 11.3 Å². The van der Waals surface area contributed by atoms with Gasteiger partial charge in [-0.3, -0.25) is 9.78 Å². The highest BCUT2D eigenvalue weighted by Gasteiger charge is 2.31. The van der Waals surface area contributed by atoms with Crippen LogP contribution >= 0.6 is 0 Å². The molecule has 0 aliphatic heterocycles. The summed E-state index contributed by atoms with van der Waals surface area (Å²) in [6, 6.07) is 3.73. The number of pyridine rings is 1. The Hall–Kier alpha value is -1.42. The van der Waals surface area contributed by atoms with Gasteiger partial charge in [0.05, 0.1) is 11.3 Å². The molecule has 1 saturated carbocycles. The maximum absolute atomic E-state index is 12.3. The van der Waals surface area contributed by atoms with E-state index >= 15 is 0 Å². The average molecular weight is 275 g/mol. The van der Waals surface area contributed by atoms with Gasteiger partial charge >= 0.3 is 0 Å². The first-order valence-corrected chi connectivity index (χ1v) is 7.49. The second-order valence-corrected chi connectivity index (χ2v) is 6.03. The summed E-state index contributed by atoms with van der Waals surface area (Å²) in [5.74, 6) is -0.0339. The molecule has 2 rings (SSSR count). The summed E-state index contributed by atoms with van der Waals surface area (Å²) in [7, 11) is 0. The van der Waals surface area contributed by atoms with Gasteiger partial charge in [-0.2, -0.15) is 0 Å². The minimum atomic E-state index is -0.0339. The summed E-state index contributed by atoms with van der Waals surface area (Å²) in [5, 5.41) is 3.06. The van der Waals surface area contributed by atoms with Crippen molar-refractivity contribution in [3.05, 3.63) is 29.1 Å². The number of hydrogen-bond acceptors (Lipinski definition) is 3. The lowest BCUT2D eigenvalue weighted by molar-refractivity contribution is 0.0913. The summed E-state index contributed by atoms with van der Waals surface area (Å²) in [5.41, 5.74) is 8.43. The Morgan fingerprint density at radius 1 is 1.30 bits per heavy atom. The zero-order valence-electron chi connectivity index (χ0n) is 12.5. The molecule has 4 heteroatoms. The molecule has 0 bridgehead atoms. The van der Waals surface area contributed by atoms with Crippen LogP contribution in [0.1, 0.15) is 53.8 Å². The number of amides is 1. The number of carbonyl (C=O) groups excluding carboxylic acids is 1. The zero-order valence-corrected chi connectivity index (χ0v) is 12.5. The molecule has 110 valence electrons. The molecule has 0 radical (unpaired) electrons. The smallest absolute Gasteiger partial charge is 0.253 e. The van der Waals surface area contributed by atoms with E-state index in [4.69, 9.17) is 5.73 Å². The van der Waals surface area contributed by atoms with E-state index < -0.39 is 0 Å². The van der Waals surface area contributed by atoms with Gasteiger partial charge in [-0.25, -0.2) is 0 Å². The Balaban J connectivity index is 2.00. The summed E-state index contributed by atoms with van der Waals surface area (Å²) in [4.78, 5) is 16.6. The minimum absolute atomic E-state index is 0.0339.